The Bertz CT molecular complexity index is 315. The first-order valence-corrected chi connectivity index (χ1v) is 4.99. The highest BCUT2D eigenvalue weighted by molar-refractivity contribution is 9.10. The van der Waals surface area contributed by atoms with Crippen molar-refractivity contribution in [1.82, 2.24) is 0 Å². The molecule has 1 aromatic carbocycles. The summed E-state index contributed by atoms with van der Waals surface area (Å²) in [5.41, 5.74) is 0. The molecular formula is C9H9BrClFO. The van der Waals surface area contributed by atoms with Gasteiger partial charge >= 0.3 is 0 Å². The normalized spacial score (nSPS) is 10.6. The SMILES string of the molecule is CC(C)Oc1c(F)ccc(Cl)c1Br. The molecule has 0 bridgehead atoms. The van der Waals surface area contributed by atoms with Gasteiger partial charge in [-0.3, -0.25) is 0 Å². The van der Waals surface area contributed by atoms with Crippen LogP contribution in [0.4, 0.5) is 4.39 Å². The maximum absolute atomic E-state index is 13.2. The molecule has 1 rings (SSSR count). The van der Waals surface area contributed by atoms with Crippen molar-refractivity contribution in [2.75, 3.05) is 0 Å². The van der Waals surface area contributed by atoms with Gasteiger partial charge in [-0.25, -0.2) is 4.39 Å². The van der Waals surface area contributed by atoms with Crippen LogP contribution in [0.3, 0.4) is 0 Å². The summed E-state index contributed by atoms with van der Waals surface area (Å²) in [5, 5.41) is 0.442. The van der Waals surface area contributed by atoms with Crippen LogP contribution >= 0.6 is 27.5 Å². The molecule has 0 aliphatic carbocycles. The van der Waals surface area contributed by atoms with Crippen molar-refractivity contribution in [3.05, 3.63) is 27.4 Å². The third-order valence-electron chi connectivity index (χ3n) is 1.36. The monoisotopic (exact) mass is 266 g/mol. The Hall–Kier alpha value is -0.280. The lowest BCUT2D eigenvalue weighted by atomic mass is 10.3. The van der Waals surface area contributed by atoms with Gasteiger partial charge in [0.2, 0.25) is 0 Å². The molecule has 0 unspecified atom stereocenters. The van der Waals surface area contributed by atoms with Crippen molar-refractivity contribution in [3.8, 4) is 5.75 Å². The Morgan fingerprint density at radius 2 is 2.08 bits per heavy atom. The van der Waals surface area contributed by atoms with Gasteiger partial charge in [-0.05, 0) is 41.9 Å². The molecule has 0 atom stereocenters. The topological polar surface area (TPSA) is 9.23 Å². The molecule has 0 radical (unpaired) electrons. The quantitative estimate of drug-likeness (QED) is 0.735. The van der Waals surface area contributed by atoms with Crippen LogP contribution in [-0.4, -0.2) is 6.10 Å². The number of rotatable bonds is 2. The second-order valence-electron chi connectivity index (χ2n) is 2.84. The first-order chi connectivity index (χ1) is 6.02. The van der Waals surface area contributed by atoms with Crippen LogP contribution in [0.1, 0.15) is 13.8 Å². The van der Waals surface area contributed by atoms with Gasteiger partial charge < -0.3 is 4.74 Å². The number of benzene rings is 1. The number of ether oxygens (including phenoxy) is 1. The molecule has 0 amide bonds. The van der Waals surface area contributed by atoms with E-state index in [0.717, 1.165) is 0 Å². The highest BCUT2D eigenvalue weighted by atomic mass is 79.9. The van der Waals surface area contributed by atoms with Crippen molar-refractivity contribution in [1.29, 1.82) is 0 Å². The van der Waals surface area contributed by atoms with Crippen molar-refractivity contribution >= 4 is 27.5 Å². The van der Waals surface area contributed by atoms with Gasteiger partial charge in [0.25, 0.3) is 0 Å². The summed E-state index contributed by atoms with van der Waals surface area (Å²) in [7, 11) is 0. The van der Waals surface area contributed by atoms with Gasteiger partial charge in [0, 0.05) is 0 Å². The molecule has 0 aromatic heterocycles. The highest BCUT2D eigenvalue weighted by Crippen LogP contribution is 2.35. The molecule has 0 N–H and O–H groups in total. The van der Waals surface area contributed by atoms with E-state index in [1.165, 1.54) is 12.1 Å². The van der Waals surface area contributed by atoms with Crippen molar-refractivity contribution in [2.45, 2.75) is 20.0 Å². The van der Waals surface area contributed by atoms with E-state index in [9.17, 15) is 4.39 Å². The minimum absolute atomic E-state index is 0.0794. The fraction of sp³-hybridized carbons (Fsp3) is 0.333. The summed E-state index contributed by atoms with van der Waals surface area (Å²) >= 11 is 8.94. The minimum atomic E-state index is -0.412. The maximum atomic E-state index is 13.2. The van der Waals surface area contributed by atoms with Crippen molar-refractivity contribution in [2.24, 2.45) is 0 Å². The fourth-order valence-corrected chi connectivity index (χ4v) is 1.42. The molecule has 0 aliphatic heterocycles. The van der Waals surface area contributed by atoms with E-state index < -0.39 is 5.82 Å². The van der Waals surface area contributed by atoms with Gasteiger partial charge in [-0.2, -0.15) is 0 Å². The maximum Gasteiger partial charge on any atom is 0.170 e. The average molecular weight is 268 g/mol. The van der Waals surface area contributed by atoms with Crippen molar-refractivity contribution in [3.63, 3.8) is 0 Å². The summed E-state index contributed by atoms with van der Waals surface area (Å²) in [6, 6.07) is 2.76. The van der Waals surface area contributed by atoms with E-state index in [-0.39, 0.29) is 11.9 Å². The van der Waals surface area contributed by atoms with Crippen LogP contribution in [0, 0.1) is 5.82 Å². The van der Waals surface area contributed by atoms with Gasteiger partial charge in [0.15, 0.2) is 11.6 Å². The van der Waals surface area contributed by atoms with E-state index in [1.807, 2.05) is 13.8 Å². The lowest BCUT2D eigenvalue weighted by Gasteiger charge is -2.12. The second-order valence-corrected chi connectivity index (χ2v) is 4.04. The summed E-state index contributed by atoms with van der Waals surface area (Å²) in [5.74, 6) is -0.243. The number of hydrogen-bond acceptors (Lipinski definition) is 1. The molecule has 0 heterocycles. The standard InChI is InChI=1S/C9H9BrClFO/c1-5(2)13-9-7(12)4-3-6(11)8(9)10/h3-5H,1-2H3. The van der Waals surface area contributed by atoms with E-state index in [1.54, 1.807) is 0 Å². The molecule has 0 aliphatic rings. The smallest absolute Gasteiger partial charge is 0.170 e. The lowest BCUT2D eigenvalue weighted by molar-refractivity contribution is 0.229. The van der Waals surface area contributed by atoms with Crippen LogP contribution in [-0.2, 0) is 0 Å². The van der Waals surface area contributed by atoms with E-state index in [2.05, 4.69) is 15.9 Å². The summed E-state index contributed by atoms with van der Waals surface area (Å²) in [6.07, 6.45) is -0.0794. The van der Waals surface area contributed by atoms with E-state index >= 15 is 0 Å². The lowest BCUT2D eigenvalue weighted by Crippen LogP contribution is -2.07. The summed E-state index contributed by atoms with van der Waals surface area (Å²) in [6.45, 7) is 3.65. The predicted molar refractivity (Wildman–Crippen MR) is 54.9 cm³/mol. The molecule has 4 heteroatoms. The van der Waals surface area contributed by atoms with Crippen LogP contribution in [0.2, 0.25) is 5.02 Å². The molecule has 0 saturated heterocycles. The molecular weight excluding hydrogens is 258 g/mol. The van der Waals surface area contributed by atoms with Gasteiger partial charge in [-0.1, -0.05) is 11.6 Å². The zero-order valence-corrected chi connectivity index (χ0v) is 9.62. The minimum Gasteiger partial charge on any atom is -0.487 e. The molecule has 13 heavy (non-hydrogen) atoms. The van der Waals surface area contributed by atoms with Crippen LogP contribution in [0.15, 0.2) is 16.6 Å². The van der Waals surface area contributed by atoms with Gasteiger partial charge in [0.1, 0.15) is 0 Å². The highest BCUT2D eigenvalue weighted by Gasteiger charge is 2.12. The molecule has 1 nitrogen and oxygen atoms in total. The molecule has 0 fully saturated rings. The Labute approximate surface area is 90.0 Å². The Morgan fingerprint density at radius 3 is 2.62 bits per heavy atom. The second kappa shape index (κ2) is 4.29. The Kier molecular flexibility index (Phi) is 3.56. The predicted octanol–water partition coefficient (Wildman–Crippen LogP) is 4.03. The van der Waals surface area contributed by atoms with E-state index in [4.69, 9.17) is 16.3 Å². The Morgan fingerprint density at radius 1 is 1.46 bits per heavy atom. The van der Waals surface area contributed by atoms with Crippen molar-refractivity contribution < 1.29 is 9.13 Å². The van der Waals surface area contributed by atoms with E-state index in [0.29, 0.717) is 9.50 Å². The fourth-order valence-electron chi connectivity index (χ4n) is 0.852. The molecule has 0 spiro atoms. The van der Waals surface area contributed by atoms with Crippen LogP contribution < -0.4 is 4.74 Å². The molecule has 72 valence electrons. The molecule has 1 aromatic rings. The average Bonchev–Trinajstić information content (AvgIpc) is 2.05. The largest absolute Gasteiger partial charge is 0.487 e. The zero-order valence-electron chi connectivity index (χ0n) is 7.27. The van der Waals surface area contributed by atoms with Crippen LogP contribution in [0.5, 0.6) is 5.75 Å². The first-order valence-electron chi connectivity index (χ1n) is 3.82. The van der Waals surface area contributed by atoms with Gasteiger partial charge in [0.05, 0.1) is 15.6 Å². The molecule has 0 saturated carbocycles. The number of hydrogen-bond donors (Lipinski definition) is 0. The number of halogens is 3. The van der Waals surface area contributed by atoms with Crippen LogP contribution in [0.25, 0.3) is 0 Å². The third kappa shape index (κ3) is 2.58. The third-order valence-corrected chi connectivity index (χ3v) is 2.69. The first kappa shape index (κ1) is 10.8. The van der Waals surface area contributed by atoms with Gasteiger partial charge in [-0.15, -0.1) is 0 Å². The zero-order chi connectivity index (χ0) is 10.0. The summed E-state index contributed by atoms with van der Waals surface area (Å²) < 4.78 is 18.9. The summed E-state index contributed by atoms with van der Waals surface area (Å²) in [4.78, 5) is 0. The Balaban J connectivity index is 3.10.